The van der Waals surface area contributed by atoms with Crippen molar-refractivity contribution in [1.82, 2.24) is 0 Å². The van der Waals surface area contributed by atoms with Crippen molar-refractivity contribution in [2.45, 2.75) is 65.5 Å². The fourth-order valence-corrected chi connectivity index (χ4v) is 3.24. The van der Waals surface area contributed by atoms with Gasteiger partial charge in [-0.2, -0.15) is 0 Å². The van der Waals surface area contributed by atoms with Crippen molar-refractivity contribution < 1.29 is 0 Å². The Bertz CT molecular complexity index is 441. The van der Waals surface area contributed by atoms with E-state index < -0.39 is 0 Å². The minimum absolute atomic E-state index is 0.286. The van der Waals surface area contributed by atoms with Gasteiger partial charge in [-0.15, -0.1) is 0 Å². The Kier molecular flexibility index (Phi) is 5.09. The Morgan fingerprint density at radius 3 is 2.70 bits per heavy atom. The van der Waals surface area contributed by atoms with E-state index in [0.717, 1.165) is 18.8 Å². The van der Waals surface area contributed by atoms with Gasteiger partial charge in [0.15, 0.2) is 0 Å². The van der Waals surface area contributed by atoms with Gasteiger partial charge in [0.25, 0.3) is 0 Å². The highest BCUT2D eigenvalue weighted by Gasteiger charge is 2.24. The number of piperidine rings is 1. The predicted octanol–water partition coefficient (Wildman–Crippen LogP) is 3.90. The molecule has 1 heterocycles. The van der Waals surface area contributed by atoms with Gasteiger partial charge in [0.2, 0.25) is 0 Å². The smallest absolute Gasteiger partial charge is 0.0398 e. The lowest BCUT2D eigenvalue weighted by Crippen LogP contribution is -2.41. The summed E-state index contributed by atoms with van der Waals surface area (Å²) in [5.74, 6) is 0.804. The molecule has 1 fully saturated rings. The van der Waals surface area contributed by atoms with Gasteiger partial charge in [-0.25, -0.2) is 0 Å². The molecule has 1 aromatic carbocycles. The molecule has 0 radical (unpaired) electrons. The summed E-state index contributed by atoms with van der Waals surface area (Å²) in [6, 6.07) is 7.85. The number of nitrogens with two attached hydrogens (primary N) is 1. The minimum atomic E-state index is 0.286. The summed E-state index contributed by atoms with van der Waals surface area (Å²) in [6.07, 6.45) is 4.70. The van der Waals surface area contributed by atoms with Crippen LogP contribution in [0, 0.1) is 12.8 Å². The Morgan fingerprint density at radius 2 is 2.05 bits per heavy atom. The summed E-state index contributed by atoms with van der Waals surface area (Å²) in [6.45, 7) is 10.3. The van der Waals surface area contributed by atoms with Gasteiger partial charge in [-0.1, -0.05) is 26.0 Å². The van der Waals surface area contributed by atoms with Crippen LogP contribution in [-0.4, -0.2) is 18.6 Å². The standard InChI is InChI=1S/C18H30N2/c1-5-17(19)11-16-8-9-18(14(3)10-16)20-12-13(2)6-7-15(20)4/h8-10,13,15,17H,5-7,11-12,19H2,1-4H3. The lowest BCUT2D eigenvalue weighted by atomic mass is 9.93. The molecule has 1 aliphatic heterocycles. The van der Waals surface area contributed by atoms with Crippen LogP contribution in [-0.2, 0) is 6.42 Å². The number of aryl methyl sites for hydroxylation is 1. The maximum absolute atomic E-state index is 6.07. The summed E-state index contributed by atoms with van der Waals surface area (Å²) in [7, 11) is 0. The van der Waals surface area contributed by atoms with Gasteiger partial charge in [0, 0.05) is 24.3 Å². The molecule has 0 amide bonds. The van der Waals surface area contributed by atoms with Crippen LogP contribution in [0.1, 0.15) is 51.2 Å². The lowest BCUT2D eigenvalue weighted by molar-refractivity contribution is 0.390. The van der Waals surface area contributed by atoms with E-state index in [9.17, 15) is 0 Å². The highest BCUT2D eigenvalue weighted by Crippen LogP contribution is 2.30. The van der Waals surface area contributed by atoms with Crippen LogP contribution in [0.2, 0.25) is 0 Å². The molecule has 2 nitrogen and oxygen atoms in total. The number of benzene rings is 1. The first-order valence-corrected chi connectivity index (χ1v) is 8.13. The molecule has 2 N–H and O–H groups in total. The fourth-order valence-electron chi connectivity index (χ4n) is 3.24. The molecule has 3 unspecified atom stereocenters. The second kappa shape index (κ2) is 6.62. The molecule has 0 aromatic heterocycles. The van der Waals surface area contributed by atoms with Crippen LogP contribution in [0.15, 0.2) is 18.2 Å². The van der Waals surface area contributed by atoms with Crippen LogP contribution >= 0.6 is 0 Å². The fraction of sp³-hybridized carbons (Fsp3) is 0.667. The van der Waals surface area contributed by atoms with Crippen LogP contribution in [0.4, 0.5) is 5.69 Å². The van der Waals surface area contributed by atoms with E-state index in [4.69, 9.17) is 5.73 Å². The second-order valence-electron chi connectivity index (χ2n) is 6.68. The minimum Gasteiger partial charge on any atom is -0.368 e. The topological polar surface area (TPSA) is 29.3 Å². The third kappa shape index (κ3) is 3.54. The molecule has 1 saturated heterocycles. The lowest BCUT2D eigenvalue weighted by Gasteiger charge is -2.39. The van der Waals surface area contributed by atoms with Gasteiger partial charge >= 0.3 is 0 Å². The van der Waals surface area contributed by atoms with Gasteiger partial charge in [-0.05, 0) is 62.6 Å². The summed E-state index contributed by atoms with van der Waals surface area (Å²) >= 11 is 0. The van der Waals surface area contributed by atoms with Gasteiger partial charge in [0.1, 0.15) is 0 Å². The maximum atomic E-state index is 6.07. The normalized spacial score (nSPS) is 24.8. The third-order valence-corrected chi connectivity index (χ3v) is 4.71. The van der Waals surface area contributed by atoms with Crippen molar-refractivity contribution in [2.24, 2.45) is 11.7 Å². The highest BCUT2D eigenvalue weighted by molar-refractivity contribution is 5.55. The van der Waals surface area contributed by atoms with E-state index in [0.29, 0.717) is 6.04 Å². The van der Waals surface area contributed by atoms with Crippen LogP contribution in [0.5, 0.6) is 0 Å². The SMILES string of the molecule is CCC(N)Cc1ccc(N2CC(C)CCC2C)c(C)c1. The number of nitrogens with zero attached hydrogens (tertiary/aromatic N) is 1. The van der Waals surface area contributed by atoms with Crippen molar-refractivity contribution in [1.29, 1.82) is 0 Å². The Balaban J connectivity index is 2.16. The molecular weight excluding hydrogens is 244 g/mol. The largest absolute Gasteiger partial charge is 0.368 e. The first-order valence-electron chi connectivity index (χ1n) is 8.13. The number of rotatable bonds is 4. The molecule has 0 spiro atoms. The number of hydrogen-bond donors (Lipinski definition) is 1. The summed E-state index contributed by atoms with van der Waals surface area (Å²) in [5, 5.41) is 0. The van der Waals surface area contributed by atoms with Gasteiger partial charge < -0.3 is 10.6 Å². The van der Waals surface area contributed by atoms with Crippen LogP contribution < -0.4 is 10.6 Å². The molecule has 2 heteroatoms. The molecule has 0 aliphatic carbocycles. The quantitative estimate of drug-likeness (QED) is 0.902. The Hall–Kier alpha value is -1.02. The zero-order valence-electron chi connectivity index (χ0n) is 13.5. The summed E-state index contributed by atoms with van der Waals surface area (Å²) in [4.78, 5) is 2.59. The highest BCUT2D eigenvalue weighted by atomic mass is 15.2. The van der Waals surface area contributed by atoms with Gasteiger partial charge in [-0.3, -0.25) is 0 Å². The zero-order chi connectivity index (χ0) is 14.7. The molecule has 3 atom stereocenters. The second-order valence-corrected chi connectivity index (χ2v) is 6.68. The molecule has 2 rings (SSSR count). The molecule has 1 aliphatic rings. The third-order valence-electron chi connectivity index (χ3n) is 4.71. The number of anilines is 1. The molecule has 1 aromatic rings. The van der Waals surface area contributed by atoms with Crippen LogP contribution in [0.25, 0.3) is 0 Å². The molecular formula is C18H30N2. The average Bonchev–Trinajstić information content (AvgIpc) is 2.42. The van der Waals surface area contributed by atoms with E-state index in [1.54, 1.807) is 0 Å². The summed E-state index contributed by atoms with van der Waals surface area (Å²) < 4.78 is 0. The van der Waals surface area contributed by atoms with Crippen molar-refractivity contribution in [2.75, 3.05) is 11.4 Å². The van der Waals surface area contributed by atoms with E-state index in [1.807, 2.05) is 0 Å². The van der Waals surface area contributed by atoms with Gasteiger partial charge in [0.05, 0.1) is 0 Å². The molecule has 0 bridgehead atoms. The molecule has 112 valence electrons. The van der Waals surface area contributed by atoms with E-state index >= 15 is 0 Å². The Morgan fingerprint density at radius 1 is 1.30 bits per heavy atom. The first kappa shape index (κ1) is 15.4. The van der Waals surface area contributed by atoms with Crippen molar-refractivity contribution in [3.8, 4) is 0 Å². The van der Waals surface area contributed by atoms with Crippen molar-refractivity contribution >= 4 is 5.69 Å². The molecule has 0 saturated carbocycles. The maximum Gasteiger partial charge on any atom is 0.0398 e. The average molecular weight is 274 g/mol. The van der Waals surface area contributed by atoms with Crippen LogP contribution in [0.3, 0.4) is 0 Å². The zero-order valence-corrected chi connectivity index (χ0v) is 13.5. The predicted molar refractivity (Wildman–Crippen MR) is 88.4 cm³/mol. The van der Waals surface area contributed by atoms with Crippen molar-refractivity contribution in [3.05, 3.63) is 29.3 Å². The summed E-state index contributed by atoms with van der Waals surface area (Å²) in [5.41, 5.74) is 10.2. The first-order chi connectivity index (χ1) is 9.51. The molecule has 20 heavy (non-hydrogen) atoms. The van der Waals surface area contributed by atoms with Crippen molar-refractivity contribution in [3.63, 3.8) is 0 Å². The number of hydrogen-bond acceptors (Lipinski definition) is 2. The Labute approximate surface area is 124 Å². The monoisotopic (exact) mass is 274 g/mol. The van der Waals surface area contributed by atoms with E-state index in [1.165, 1.54) is 36.2 Å². The van der Waals surface area contributed by atoms with E-state index in [-0.39, 0.29) is 6.04 Å². The van der Waals surface area contributed by atoms with E-state index in [2.05, 4.69) is 50.8 Å².